The van der Waals surface area contributed by atoms with Gasteiger partial charge in [0.1, 0.15) is 18.1 Å². The van der Waals surface area contributed by atoms with Crippen LogP contribution in [0.4, 0.5) is 0 Å². The summed E-state index contributed by atoms with van der Waals surface area (Å²) in [7, 11) is 0. The standard InChI is InChI=1S/C22H17Cl3N2O3/c23-17-5-9-20(10-6-17)30-14-22(28)27-26-12-15-1-7-19(8-2-15)29-13-16-3-4-18(24)11-21(16)25/h1-12H,13-14H2,(H,27,28)/b26-12-. The van der Waals surface area contributed by atoms with E-state index in [2.05, 4.69) is 10.5 Å². The van der Waals surface area contributed by atoms with Crippen LogP contribution in [0.1, 0.15) is 11.1 Å². The van der Waals surface area contributed by atoms with Gasteiger partial charge in [-0.2, -0.15) is 5.10 Å². The molecule has 154 valence electrons. The van der Waals surface area contributed by atoms with Crippen LogP contribution in [0.2, 0.25) is 15.1 Å². The highest BCUT2D eigenvalue weighted by Gasteiger charge is 2.03. The second kappa shape index (κ2) is 10.9. The molecule has 3 aromatic rings. The normalized spacial score (nSPS) is 10.8. The molecule has 30 heavy (non-hydrogen) atoms. The molecule has 0 radical (unpaired) electrons. The van der Waals surface area contributed by atoms with E-state index in [1.54, 1.807) is 48.5 Å². The third-order valence-corrected chi connectivity index (χ3v) is 4.71. The summed E-state index contributed by atoms with van der Waals surface area (Å²) >= 11 is 17.8. The number of carbonyl (C=O) groups is 1. The van der Waals surface area contributed by atoms with E-state index >= 15 is 0 Å². The number of nitrogens with zero attached hydrogens (tertiary/aromatic N) is 1. The molecule has 1 N–H and O–H groups in total. The molecule has 0 aliphatic carbocycles. The molecule has 1 amide bonds. The Hall–Kier alpha value is -2.73. The average molecular weight is 464 g/mol. The highest BCUT2D eigenvalue weighted by Crippen LogP contribution is 2.22. The predicted octanol–water partition coefficient (Wildman–Crippen LogP) is 5.75. The molecule has 0 bridgehead atoms. The second-order valence-electron chi connectivity index (χ2n) is 6.13. The van der Waals surface area contributed by atoms with Crippen molar-refractivity contribution in [3.8, 4) is 11.5 Å². The van der Waals surface area contributed by atoms with Crippen molar-refractivity contribution in [1.29, 1.82) is 0 Å². The molecule has 0 aliphatic heterocycles. The van der Waals surface area contributed by atoms with Gasteiger partial charge in [0.2, 0.25) is 0 Å². The number of hydrogen-bond donors (Lipinski definition) is 1. The lowest BCUT2D eigenvalue weighted by atomic mass is 10.2. The summed E-state index contributed by atoms with van der Waals surface area (Å²) in [5, 5.41) is 5.65. The highest BCUT2D eigenvalue weighted by atomic mass is 35.5. The van der Waals surface area contributed by atoms with Crippen molar-refractivity contribution in [1.82, 2.24) is 5.43 Å². The van der Waals surface area contributed by atoms with Crippen molar-refractivity contribution in [3.05, 3.63) is 92.9 Å². The van der Waals surface area contributed by atoms with E-state index in [0.29, 0.717) is 33.2 Å². The Balaban J connectivity index is 1.43. The minimum atomic E-state index is -0.374. The van der Waals surface area contributed by atoms with Crippen LogP contribution < -0.4 is 14.9 Å². The van der Waals surface area contributed by atoms with Crippen LogP contribution in [-0.4, -0.2) is 18.7 Å². The summed E-state index contributed by atoms with van der Waals surface area (Å²) < 4.78 is 11.1. The van der Waals surface area contributed by atoms with Crippen molar-refractivity contribution in [2.75, 3.05) is 6.61 Å². The van der Waals surface area contributed by atoms with E-state index < -0.39 is 0 Å². The first kappa shape index (κ1) is 22.0. The van der Waals surface area contributed by atoms with Gasteiger partial charge < -0.3 is 9.47 Å². The number of benzene rings is 3. The van der Waals surface area contributed by atoms with Gasteiger partial charge in [0, 0.05) is 20.6 Å². The summed E-state index contributed by atoms with van der Waals surface area (Å²) in [5.41, 5.74) is 4.05. The Kier molecular flexibility index (Phi) is 7.97. The van der Waals surface area contributed by atoms with Gasteiger partial charge in [0.25, 0.3) is 5.91 Å². The lowest BCUT2D eigenvalue weighted by Gasteiger charge is -2.08. The van der Waals surface area contributed by atoms with Gasteiger partial charge in [-0.1, -0.05) is 40.9 Å². The Morgan fingerprint density at radius 1 is 0.867 bits per heavy atom. The first-order chi connectivity index (χ1) is 14.5. The fraction of sp³-hybridized carbons (Fsp3) is 0.0909. The first-order valence-electron chi connectivity index (χ1n) is 8.87. The number of rotatable bonds is 8. The zero-order valence-corrected chi connectivity index (χ0v) is 17.9. The molecule has 0 fully saturated rings. The molecule has 0 unspecified atom stereocenters. The monoisotopic (exact) mass is 462 g/mol. The van der Waals surface area contributed by atoms with E-state index in [9.17, 15) is 4.79 Å². The molecule has 3 rings (SSSR count). The first-order valence-corrected chi connectivity index (χ1v) is 10.00. The molecular weight excluding hydrogens is 447 g/mol. The fourth-order valence-corrected chi connectivity index (χ4v) is 2.93. The average Bonchev–Trinajstić information content (AvgIpc) is 2.74. The van der Waals surface area contributed by atoms with Gasteiger partial charge in [-0.3, -0.25) is 4.79 Å². The Morgan fingerprint density at radius 3 is 2.20 bits per heavy atom. The largest absolute Gasteiger partial charge is 0.489 e. The van der Waals surface area contributed by atoms with E-state index in [1.807, 2.05) is 18.2 Å². The van der Waals surface area contributed by atoms with Crippen molar-refractivity contribution in [2.24, 2.45) is 5.10 Å². The van der Waals surface area contributed by atoms with Crippen molar-refractivity contribution >= 4 is 46.9 Å². The van der Waals surface area contributed by atoms with Crippen LogP contribution in [0.5, 0.6) is 11.5 Å². The van der Waals surface area contributed by atoms with Crippen LogP contribution in [0.15, 0.2) is 71.8 Å². The van der Waals surface area contributed by atoms with Crippen molar-refractivity contribution in [3.63, 3.8) is 0 Å². The lowest BCUT2D eigenvalue weighted by molar-refractivity contribution is -0.123. The van der Waals surface area contributed by atoms with Gasteiger partial charge in [-0.15, -0.1) is 0 Å². The van der Waals surface area contributed by atoms with Gasteiger partial charge in [-0.05, 0) is 66.2 Å². The maximum atomic E-state index is 11.8. The number of nitrogens with one attached hydrogen (secondary N) is 1. The maximum absolute atomic E-state index is 11.8. The number of ether oxygens (including phenoxy) is 2. The molecule has 0 atom stereocenters. The SMILES string of the molecule is O=C(COc1ccc(Cl)cc1)N/N=C\c1ccc(OCc2ccc(Cl)cc2Cl)cc1. The molecule has 0 spiro atoms. The zero-order chi connectivity index (χ0) is 21.3. The maximum Gasteiger partial charge on any atom is 0.277 e. The second-order valence-corrected chi connectivity index (χ2v) is 7.41. The summed E-state index contributed by atoms with van der Waals surface area (Å²) in [6, 6.07) is 19.2. The molecule has 0 aliphatic rings. The zero-order valence-electron chi connectivity index (χ0n) is 15.6. The van der Waals surface area contributed by atoms with Crippen LogP contribution in [0, 0.1) is 0 Å². The molecule has 5 nitrogen and oxygen atoms in total. The van der Waals surface area contributed by atoms with Crippen molar-refractivity contribution in [2.45, 2.75) is 6.61 Å². The number of amides is 1. The van der Waals surface area contributed by atoms with E-state index in [1.165, 1.54) is 6.21 Å². The van der Waals surface area contributed by atoms with Crippen LogP contribution in [0.3, 0.4) is 0 Å². The number of carbonyl (C=O) groups excluding carboxylic acids is 1. The Bertz CT molecular complexity index is 1020. The summed E-state index contributed by atoms with van der Waals surface area (Å²) in [6.07, 6.45) is 1.53. The minimum absolute atomic E-state index is 0.154. The number of halogens is 3. The Morgan fingerprint density at radius 2 is 1.50 bits per heavy atom. The number of hydrazone groups is 1. The van der Waals surface area contributed by atoms with E-state index in [-0.39, 0.29) is 12.5 Å². The predicted molar refractivity (Wildman–Crippen MR) is 120 cm³/mol. The van der Waals surface area contributed by atoms with Crippen LogP contribution in [-0.2, 0) is 11.4 Å². The topological polar surface area (TPSA) is 59.9 Å². The van der Waals surface area contributed by atoms with Gasteiger partial charge >= 0.3 is 0 Å². The smallest absolute Gasteiger partial charge is 0.277 e. The van der Waals surface area contributed by atoms with Crippen LogP contribution in [0.25, 0.3) is 0 Å². The van der Waals surface area contributed by atoms with Crippen molar-refractivity contribution < 1.29 is 14.3 Å². The van der Waals surface area contributed by atoms with Crippen LogP contribution >= 0.6 is 34.8 Å². The summed E-state index contributed by atoms with van der Waals surface area (Å²) in [4.78, 5) is 11.8. The molecular formula is C22H17Cl3N2O3. The van der Waals surface area contributed by atoms with Gasteiger partial charge in [0.15, 0.2) is 6.61 Å². The van der Waals surface area contributed by atoms with E-state index in [0.717, 1.165) is 11.1 Å². The molecule has 0 aromatic heterocycles. The molecule has 0 saturated carbocycles. The summed E-state index contributed by atoms with van der Waals surface area (Å²) in [6.45, 7) is 0.173. The molecule has 0 saturated heterocycles. The Labute approximate surface area is 189 Å². The quantitative estimate of drug-likeness (QED) is 0.341. The lowest BCUT2D eigenvalue weighted by Crippen LogP contribution is -2.24. The number of hydrogen-bond acceptors (Lipinski definition) is 4. The fourth-order valence-electron chi connectivity index (χ4n) is 2.34. The minimum Gasteiger partial charge on any atom is -0.489 e. The van der Waals surface area contributed by atoms with Gasteiger partial charge in [0.05, 0.1) is 6.21 Å². The molecule has 3 aromatic carbocycles. The van der Waals surface area contributed by atoms with E-state index in [4.69, 9.17) is 44.3 Å². The third kappa shape index (κ3) is 6.95. The third-order valence-electron chi connectivity index (χ3n) is 3.88. The molecule has 8 heteroatoms. The van der Waals surface area contributed by atoms with Gasteiger partial charge in [-0.25, -0.2) is 5.43 Å². The highest BCUT2D eigenvalue weighted by molar-refractivity contribution is 6.35. The molecule has 0 heterocycles. The summed E-state index contributed by atoms with van der Waals surface area (Å²) in [5.74, 6) is 0.855.